The molecule has 0 saturated heterocycles. The third-order valence-electron chi connectivity index (χ3n) is 3.39. The van der Waals surface area contributed by atoms with Crippen LogP contribution in [0.3, 0.4) is 0 Å². The number of nitrogens with zero attached hydrogens (tertiary/aromatic N) is 2. The first-order chi connectivity index (χ1) is 9.86. The van der Waals surface area contributed by atoms with E-state index in [-0.39, 0.29) is 0 Å². The van der Waals surface area contributed by atoms with E-state index in [1.807, 2.05) is 0 Å². The van der Waals surface area contributed by atoms with Crippen LogP contribution in [0.5, 0.6) is 0 Å². The van der Waals surface area contributed by atoms with Crippen LogP contribution in [0, 0.1) is 0 Å². The molecular formula is C17H25N3. The standard InChI is InChI=1S/C17H25N3/c1-3-14-20-16-11-8-7-10-15(16)19-17(20)12-6-5-9-13-18-4-2/h5-8,10-11,18H,3-4,9,12-14H2,1-2H3. The summed E-state index contributed by atoms with van der Waals surface area (Å²) in [4.78, 5) is 4.76. The number of imidazole rings is 1. The Morgan fingerprint density at radius 3 is 2.85 bits per heavy atom. The van der Waals surface area contributed by atoms with Gasteiger partial charge in [0.15, 0.2) is 0 Å². The van der Waals surface area contributed by atoms with Gasteiger partial charge in [-0.1, -0.05) is 38.1 Å². The van der Waals surface area contributed by atoms with Crippen molar-refractivity contribution in [3.8, 4) is 0 Å². The number of fused-ring (bicyclic) bond motifs is 1. The number of aromatic nitrogens is 2. The number of rotatable bonds is 8. The molecule has 0 bridgehead atoms. The third-order valence-corrected chi connectivity index (χ3v) is 3.39. The van der Waals surface area contributed by atoms with Gasteiger partial charge in [0.1, 0.15) is 5.82 Å². The molecule has 1 N–H and O–H groups in total. The van der Waals surface area contributed by atoms with Gasteiger partial charge in [-0.05, 0) is 38.1 Å². The SMILES string of the molecule is CCCn1c(CC=CCCNCC)nc2ccccc21. The molecule has 1 aromatic carbocycles. The molecule has 0 amide bonds. The Hall–Kier alpha value is -1.61. The maximum absolute atomic E-state index is 4.76. The second kappa shape index (κ2) is 7.85. The van der Waals surface area contributed by atoms with Gasteiger partial charge in [-0.25, -0.2) is 4.98 Å². The molecule has 3 heteroatoms. The summed E-state index contributed by atoms with van der Waals surface area (Å²) in [5.41, 5.74) is 2.36. The monoisotopic (exact) mass is 271 g/mol. The van der Waals surface area contributed by atoms with Crippen molar-refractivity contribution in [3.05, 3.63) is 42.2 Å². The maximum atomic E-state index is 4.76. The Labute approximate surface area is 121 Å². The minimum Gasteiger partial charge on any atom is -0.328 e. The van der Waals surface area contributed by atoms with Gasteiger partial charge in [-0.15, -0.1) is 0 Å². The van der Waals surface area contributed by atoms with Crippen LogP contribution in [-0.2, 0) is 13.0 Å². The molecule has 2 aromatic rings. The Bertz CT molecular complexity index is 554. The molecule has 0 aliphatic rings. The Balaban J connectivity index is 2.06. The molecule has 0 radical (unpaired) electrons. The van der Waals surface area contributed by atoms with Gasteiger partial charge in [-0.2, -0.15) is 0 Å². The van der Waals surface area contributed by atoms with Crippen LogP contribution in [0.4, 0.5) is 0 Å². The van der Waals surface area contributed by atoms with Crippen molar-refractivity contribution in [2.45, 2.75) is 39.7 Å². The number of hydrogen-bond acceptors (Lipinski definition) is 2. The van der Waals surface area contributed by atoms with E-state index < -0.39 is 0 Å². The van der Waals surface area contributed by atoms with Crippen LogP contribution in [0.2, 0.25) is 0 Å². The average Bonchev–Trinajstić information content (AvgIpc) is 2.81. The van der Waals surface area contributed by atoms with Gasteiger partial charge < -0.3 is 9.88 Å². The lowest BCUT2D eigenvalue weighted by Gasteiger charge is -2.05. The minimum atomic E-state index is 0.917. The van der Waals surface area contributed by atoms with Gasteiger partial charge in [0.05, 0.1) is 11.0 Å². The lowest BCUT2D eigenvalue weighted by Crippen LogP contribution is -2.12. The lowest BCUT2D eigenvalue weighted by atomic mass is 10.3. The predicted molar refractivity (Wildman–Crippen MR) is 86.0 cm³/mol. The zero-order chi connectivity index (χ0) is 14.2. The number of para-hydroxylation sites is 2. The van der Waals surface area contributed by atoms with Crippen LogP contribution >= 0.6 is 0 Å². The number of allylic oxidation sites excluding steroid dienone is 1. The molecular weight excluding hydrogens is 246 g/mol. The zero-order valence-corrected chi connectivity index (χ0v) is 12.6. The molecule has 0 atom stereocenters. The highest BCUT2D eigenvalue weighted by Gasteiger charge is 2.07. The van der Waals surface area contributed by atoms with E-state index in [0.717, 1.165) is 44.4 Å². The second-order valence-electron chi connectivity index (χ2n) is 4.99. The van der Waals surface area contributed by atoms with E-state index in [4.69, 9.17) is 4.98 Å². The number of benzene rings is 1. The quantitative estimate of drug-likeness (QED) is 0.588. The van der Waals surface area contributed by atoms with Crippen molar-refractivity contribution >= 4 is 11.0 Å². The summed E-state index contributed by atoms with van der Waals surface area (Å²) in [7, 11) is 0. The fraction of sp³-hybridized carbons (Fsp3) is 0.471. The fourth-order valence-electron chi connectivity index (χ4n) is 2.42. The van der Waals surface area contributed by atoms with Gasteiger partial charge in [-0.3, -0.25) is 0 Å². The summed E-state index contributed by atoms with van der Waals surface area (Å²) < 4.78 is 2.35. The zero-order valence-electron chi connectivity index (χ0n) is 12.6. The molecule has 0 saturated carbocycles. The van der Waals surface area contributed by atoms with Crippen LogP contribution in [-0.4, -0.2) is 22.6 Å². The van der Waals surface area contributed by atoms with Crippen LogP contribution in [0.25, 0.3) is 11.0 Å². The van der Waals surface area contributed by atoms with Crippen molar-refractivity contribution in [2.24, 2.45) is 0 Å². The molecule has 0 unspecified atom stereocenters. The van der Waals surface area contributed by atoms with Gasteiger partial charge >= 0.3 is 0 Å². The predicted octanol–water partition coefficient (Wildman–Crippen LogP) is 3.54. The van der Waals surface area contributed by atoms with Crippen LogP contribution in [0.15, 0.2) is 36.4 Å². The molecule has 0 spiro atoms. The van der Waals surface area contributed by atoms with E-state index in [1.54, 1.807) is 0 Å². The average molecular weight is 271 g/mol. The smallest absolute Gasteiger partial charge is 0.113 e. The van der Waals surface area contributed by atoms with Gasteiger partial charge in [0, 0.05) is 13.0 Å². The van der Waals surface area contributed by atoms with Crippen LogP contribution in [0.1, 0.15) is 32.5 Å². The molecule has 2 rings (SSSR count). The van der Waals surface area contributed by atoms with Gasteiger partial charge in [0.25, 0.3) is 0 Å². The highest BCUT2D eigenvalue weighted by Crippen LogP contribution is 2.17. The molecule has 3 nitrogen and oxygen atoms in total. The summed E-state index contributed by atoms with van der Waals surface area (Å²) in [5.74, 6) is 1.17. The summed E-state index contributed by atoms with van der Waals surface area (Å²) in [6.07, 6.45) is 7.63. The summed E-state index contributed by atoms with van der Waals surface area (Å²) in [6.45, 7) is 7.49. The Kier molecular flexibility index (Phi) is 5.81. The highest BCUT2D eigenvalue weighted by atomic mass is 15.1. The van der Waals surface area contributed by atoms with Crippen molar-refractivity contribution in [1.82, 2.24) is 14.9 Å². The van der Waals surface area contributed by atoms with E-state index in [2.05, 4.69) is 60.1 Å². The van der Waals surface area contributed by atoms with Crippen molar-refractivity contribution in [3.63, 3.8) is 0 Å². The van der Waals surface area contributed by atoms with E-state index >= 15 is 0 Å². The highest BCUT2D eigenvalue weighted by molar-refractivity contribution is 5.75. The molecule has 108 valence electrons. The number of aryl methyl sites for hydroxylation is 1. The van der Waals surface area contributed by atoms with Gasteiger partial charge in [0.2, 0.25) is 0 Å². The molecule has 1 aromatic heterocycles. The van der Waals surface area contributed by atoms with Crippen LogP contribution < -0.4 is 5.32 Å². The number of nitrogens with one attached hydrogen (secondary N) is 1. The fourth-order valence-corrected chi connectivity index (χ4v) is 2.42. The van der Waals surface area contributed by atoms with Crippen molar-refractivity contribution in [1.29, 1.82) is 0 Å². The topological polar surface area (TPSA) is 29.9 Å². The summed E-state index contributed by atoms with van der Waals surface area (Å²) in [6, 6.07) is 8.41. The van der Waals surface area contributed by atoms with E-state index in [9.17, 15) is 0 Å². The molecule has 0 aliphatic heterocycles. The third kappa shape index (κ3) is 3.70. The van der Waals surface area contributed by atoms with E-state index in [1.165, 1.54) is 11.3 Å². The molecule has 0 fully saturated rings. The van der Waals surface area contributed by atoms with Crippen molar-refractivity contribution in [2.75, 3.05) is 13.1 Å². The first kappa shape index (κ1) is 14.8. The van der Waals surface area contributed by atoms with Crippen molar-refractivity contribution < 1.29 is 0 Å². The molecule has 0 aliphatic carbocycles. The summed E-state index contributed by atoms with van der Waals surface area (Å²) in [5, 5.41) is 3.33. The largest absolute Gasteiger partial charge is 0.328 e. The first-order valence-electron chi connectivity index (χ1n) is 7.66. The normalized spacial score (nSPS) is 11.7. The Morgan fingerprint density at radius 1 is 1.20 bits per heavy atom. The van der Waals surface area contributed by atoms with E-state index in [0.29, 0.717) is 0 Å². The first-order valence-corrected chi connectivity index (χ1v) is 7.66. The minimum absolute atomic E-state index is 0.917. The lowest BCUT2D eigenvalue weighted by molar-refractivity contribution is 0.666. The summed E-state index contributed by atoms with van der Waals surface area (Å²) >= 11 is 0. The Morgan fingerprint density at radius 2 is 2.05 bits per heavy atom. The molecule has 20 heavy (non-hydrogen) atoms. The number of hydrogen-bond donors (Lipinski definition) is 1. The molecule has 1 heterocycles. The second-order valence-corrected chi connectivity index (χ2v) is 4.99. The maximum Gasteiger partial charge on any atom is 0.113 e.